The van der Waals surface area contributed by atoms with E-state index < -0.39 is 15.8 Å². The summed E-state index contributed by atoms with van der Waals surface area (Å²) in [5, 5.41) is 2.56. The summed E-state index contributed by atoms with van der Waals surface area (Å²) in [4.78, 5) is 13.0. The van der Waals surface area contributed by atoms with Crippen molar-refractivity contribution in [2.45, 2.75) is 24.2 Å². The zero-order valence-corrected chi connectivity index (χ0v) is 16.1. The van der Waals surface area contributed by atoms with Gasteiger partial charge in [-0.25, -0.2) is 17.5 Å². The molecule has 0 saturated heterocycles. The molecule has 0 radical (unpaired) electrons. The van der Waals surface area contributed by atoms with Crippen LogP contribution in [0.4, 0.5) is 15.8 Å². The first-order valence-corrected chi connectivity index (χ1v) is 10.1. The van der Waals surface area contributed by atoms with Crippen LogP contribution in [0.1, 0.15) is 17.5 Å². The minimum Gasteiger partial charge on any atom is -0.378 e. The second-order valence-electron chi connectivity index (χ2n) is 6.70. The SMILES string of the molecule is CN(C)c1ccc(CCNS(=O)(=O)c2cc3c(cc2F)NC(=O)CC3)cc1. The quantitative estimate of drug-likeness (QED) is 0.792. The Bertz CT molecular complexity index is 957. The summed E-state index contributed by atoms with van der Waals surface area (Å²) in [6.07, 6.45) is 1.15. The third-order valence-corrected chi connectivity index (χ3v) is 5.98. The molecule has 0 spiro atoms. The summed E-state index contributed by atoms with van der Waals surface area (Å²) in [5.74, 6) is -1.07. The number of hydrogen-bond acceptors (Lipinski definition) is 4. The van der Waals surface area contributed by atoms with Crippen molar-refractivity contribution >= 4 is 27.3 Å². The van der Waals surface area contributed by atoms with E-state index in [2.05, 4.69) is 10.0 Å². The minimum atomic E-state index is -3.98. The highest BCUT2D eigenvalue weighted by Crippen LogP contribution is 2.28. The van der Waals surface area contributed by atoms with E-state index in [0.29, 0.717) is 24.1 Å². The molecule has 27 heavy (non-hydrogen) atoms. The van der Waals surface area contributed by atoms with Gasteiger partial charge in [0.1, 0.15) is 10.7 Å². The first-order valence-electron chi connectivity index (χ1n) is 8.64. The Hall–Kier alpha value is -2.45. The van der Waals surface area contributed by atoms with Gasteiger partial charge < -0.3 is 10.2 Å². The fraction of sp³-hybridized carbons (Fsp3) is 0.316. The Labute approximate surface area is 158 Å². The van der Waals surface area contributed by atoms with E-state index in [1.807, 2.05) is 43.3 Å². The molecular weight excluding hydrogens is 369 g/mol. The molecule has 1 amide bonds. The molecule has 2 aromatic carbocycles. The minimum absolute atomic E-state index is 0.164. The number of fused-ring (bicyclic) bond motifs is 1. The number of hydrogen-bond donors (Lipinski definition) is 2. The highest BCUT2D eigenvalue weighted by Gasteiger charge is 2.24. The Morgan fingerprint density at radius 3 is 2.52 bits per heavy atom. The standard InChI is InChI=1S/C19H22FN3O3S/c1-23(2)15-6-3-13(4-7-15)9-10-21-27(25,26)18-11-14-5-8-19(24)22-17(14)12-16(18)20/h3-4,6-7,11-12,21H,5,8-10H2,1-2H3,(H,22,24). The first kappa shape index (κ1) is 19.3. The van der Waals surface area contributed by atoms with Crippen LogP contribution in [0.5, 0.6) is 0 Å². The van der Waals surface area contributed by atoms with Crippen molar-refractivity contribution < 1.29 is 17.6 Å². The number of rotatable bonds is 6. The van der Waals surface area contributed by atoms with Crippen LogP contribution in [0, 0.1) is 5.82 Å². The number of amides is 1. The fourth-order valence-corrected chi connectivity index (χ4v) is 4.09. The highest BCUT2D eigenvalue weighted by atomic mass is 32.2. The number of benzene rings is 2. The van der Waals surface area contributed by atoms with E-state index in [4.69, 9.17) is 0 Å². The van der Waals surface area contributed by atoms with Crippen molar-refractivity contribution in [1.82, 2.24) is 4.72 Å². The van der Waals surface area contributed by atoms with Crippen LogP contribution >= 0.6 is 0 Å². The normalized spacial score (nSPS) is 13.8. The number of halogens is 1. The maximum atomic E-state index is 14.3. The van der Waals surface area contributed by atoms with E-state index in [9.17, 15) is 17.6 Å². The molecule has 0 unspecified atom stereocenters. The van der Waals surface area contributed by atoms with Gasteiger partial charge in [0, 0.05) is 38.4 Å². The number of sulfonamides is 1. The number of carbonyl (C=O) groups is 1. The van der Waals surface area contributed by atoms with Crippen LogP contribution in [0.2, 0.25) is 0 Å². The largest absolute Gasteiger partial charge is 0.378 e. The Morgan fingerprint density at radius 2 is 1.85 bits per heavy atom. The molecule has 2 aromatic rings. The van der Waals surface area contributed by atoms with Gasteiger partial charge in [-0.2, -0.15) is 0 Å². The number of carbonyl (C=O) groups excluding carboxylic acids is 1. The average Bonchev–Trinajstić information content (AvgIpc) is 2.61. The van der Waals surface area contributed by atoms with Crippen LogP contribution in [0.25, 0.3) is 0 Å². The molecule has 1 aliphatic heterocycles. The van der Waals surface area contributed by atoms with Gasteiger partial charge >= 0.3 is 0 Å². The number of aryl methyl sites for hydroxylation is 1. The molecule has 8 heteroatoms. The Balaban J connectivity index is 1.69. The molecule has 0 fully saturated rings. The smallest absolute Gasteiger partial charge is 0.243 e. The van der Waals surface area contributed by atoms with Crippen molar-refractivity contribution in [2.75, 3.05) is 30.9 Å². The molecular formula is C19H22FN3O3S. The number of anilines is 2. The van der Waals surface area contributed by atoms with Gasteiger partial charge in [-0.05, 0) is 48.2 Å². The van der Waals surface area contributed by atoms with Gasteiger partial charge in [0.05, 0.1) is 0 Å². The van der Waals surface area contributed by atoms with Crippen LogP contribution < -0.4 is 14.9 Å². The van der Waals surface area contributed by atoms with E-state index in [1.54, 1.807) is 0 Å². The first-order chi connectivity index (χ1) is 12.8. The van der Waals surface area contributed by atoms with Crippen molar-refractivity contribution in [2.24, 2.45) is 0 Å². The second kappa shape index (κ2) is 7.66. The van der Waals surface area contributed by atoms with Crippen LogP contribution in [-0.4, -0.2) is 35.0 Å². The lowest BCUT2D eigenvalue weighted by atomic mass is 10.0. The zero-order chi connectivity index (χ0) is 19.6. The highest BCUT2D eigenvalue weighted by molar-refractivity contribution is 7.89. The molecule has 6 nitrogen and oxygen atoms in total. The molecule has 3 rings (SSSR count). The molecule has 0 aromatic heterocycles. The molecule has 2 N–H and O–H groups in total. The predicted octanol–water partition coefficient (Wildman–Crippen LogP) is 2.30. The van der Waals surface area contributed by atoms with Crippen molar-refractivity contribution in [3.05, 3.63) is 53.3 Å². The van der Waals surface area contributed by atoms with E-state index >= 15 is 0 Å². The van der Waals surface area contributed by atoms with Gasteiger partial charge in [-0.1, -0.05) is 12.1 Å². The monoisotopic (exact) mass is 391 g/mol. The number of nitrogens with one attached hydrogen (secondary N) is 2. The molecule has 1 aliphatic rings. The van der Waals surface area contributed by atoms with Crippen molar-refractivity contribution in [3.63, 3.8) is 0 Å². The summed E-state index contributed by atoms with van der Waals surface area (Å²) in [6, 6.07) is 10.2. The maximum Gasteiger partial charge on any atom is 0.243 e. The summed E-state index contributed by atoms with van der Waals surface area (Å²) in [6.45, 7) is 0.164. The molecule has 0 bridgehead atoms. The lowest BCUT2D eigenvalue weighted by molar-refractivity contribution is -0.116. The average molecular weight is 391 g/mol. The van der Waals surface area contributed by atoms with Crippen molar-refractivity contribution in [3.8, 4) is 0 Å². The Kier molecular flexibility index (Phi) is 5.48. The lowest BCUT2D eigenvalue weighted by Crippen LogP contribution is -2.27. The summed E-state index contributed by atoms with van der Waals surface area (Å²) < 4.78 is 41.7. The molecule has 144 valence electrons. The van der Waals surface area contributed by atoms with Crippen molar-refractivity contribution in [1.29, 1.82) is 0 Å². The zero-order valence-electron chi connectivity index (χ0n) is 15.3. The molecule has 0 saturated carbocycles. The van der Waals surface area contributed by atoms with Gasteiger partial charge in [-0.3, -0.25) is 4.79 Å². The maximum absolute atomic E-state index is 14.3. The van der Waals surface area contributed by atoms with Crippen LogP contribution in [0.15, 0.2) is 41.3 Å². The topological polar surface area (TPSA) is 78.5 Å². The van der Waals surface area contributed by atoms with Crippen LogP contribution in [0.3, 0.4) is 0 Å². The fourth-order valence-electron chi connectivity index (χ4n) is 2.95. The van der Waals surface area contributed by atoms with E-state index in [1.165, 1.54) is 6.07 Å². The number of nitrogens with zero attached hydrogens (tertiary/aromatic N) is 1. The predicted molar refractivity (Wildman–Crippen MR) is 103 cm³/mol. The summed E-state index contributed by atoms with van der Waals surface area (Å²) >= 11 is 0. The molecule has 0 atom stereocenters. The van der Waals surface area contributed by atoms with Gasteiger partial charge in [0.15, 0.2) is 0 Å². The third kappa shape index (κ3) is 4.45. The van der Waals surface area contributed by atoms with Gasteiger partial charge in [0.25, 0.3) is 0 Å². The molecule has 1 heterocycles. The van der Waals surface area contributed by atoms with Gasteiger partial charge in [0.2, 0.25) is 15.9 Å². The van der Waals surface area contributed by atoms with E-state index in [-0.39, 0.29) is 23.8 Å². The summed E-state index contributed by atoms with van der Waals surface area (Å²) in [7, 11) is -0.0834. The Morgan fingerprint density at radius 1 is 1.15 bits per heavy atom. The van der Waals surface area contributed by atoms with Crippen LogP contribution in [-0.2, 0) is 27.7 Å². The lowest BCUT2D eigenvalue weighted by Gasteiger charge is -2.18. The second-order valence-corrected chi connectivity index (χ2v) is 8.43. The summed E-state index contributed by atoms with van der Waals surface area (Å²) in [5.41, 5.74) is 3.00. The third-order valence-electron chi connectivity index (χ3n) is 4.50. The van der Waals surface area contributed by atoms with E-state index in [0.717, 1.165) is 17.3 Å². The van der Waals surface area contributed by atoms with Gasteiger partial charge in [-0.15, -0.1) is 0 Å². The molecule has 0 aliphatic carbocycles.